The molecule has 1 aromatic heterocycles. The van der Waals surface area contributed by atoms with Crippen LogP contribution in [0, 0.1) is 11.3 Å². The average molecular weight is 315 g/mol. The second kappa shape index (κ2) is 6.02. The Balaban J connectivity index is 1.74. The van der Waals surface area contributed by atoms with E-state index in [1.54, 1.807) is 0 Å². The van der Waals surface area contributed by atoms with Crippen LogP contribution in [0.25, 0.3) is 22.4 Å². The molecule has 112 valence electrons. The third kappa shape index (κ3) is 2.81. The van der Waals surface area contributed by atoms with Crippen LogP contribution in [0.4, 0.5) is 0 Å². The third-order valence-electron chi connectivity index (χ3n) is 4.48. The lowest BCUT2D eigenvalue weighted by Crippen LogP contribution is -1.96. The first-order chi connectivity index (χ1) is 11.3. The molecule has 0 atom stereocenters. The lowest BCUT2D eigenvalue weighted by atomic mass is 9.98. The fourth-order valence-electron chi connectivity index (χ4n) is 3.26. The molecule has 1 aliphatic rings. The van der Waals surface area contributed by atoms with Gasteiger partial charge in [-0.25, -0.2) is 0 Å². The van der Waals surface area contributed by atoms with Gasteiger partial charge in [-0.15, -0.1) is 11.3 Å². The van der Waals surface area contributed by atoms with Crippen LogP contribution in [0.1, 0.15) is 33.7 Å². The SMILES string of the molecule is N#C/C(=C/c1cc2c(s1)CCCC2)c1ccc2ccccc2c1. The molecular weight excluding hydrogens is 298 g/mol. The molecule has 1 heterocycles. The van der Waals surface area contributed by atoms with Crippen LogP contribution in [0.2, 0.25) is 0 Å². The number of nitrogens with zero attached hydrogens (tertiary/aromatic N) is 1. The Kier molecular flexibility index (Phi) is 3.73. The second-order valence-corrected chi connectivity index (χ2v) is 7.20. The van der Waals surface area contributed by atoms with Crippen molar-refractivity contribution in [2.75, 3.05) is 0 Å². The van der Waals surface area contributed by atoms with Crippen molar-refractivity contribution >= 4 is 33.8 Å². The van der Waals surface area contributed by atoms with Crippen LogP contribution in [0.3, 0.4) is 0 Å². The lowest BCUT2D eigenvalue weighted by molar-refractivity contribution is 0.697. The highest BCUT2D eigenvalue weighted by atomic mass is 32.1. The topological polar surface area (TPSA) is 23.8 Å². The van der Waals surface area contributed by atoms with E-state index >= 15 is 0 Å². The maximum atomic E-state index is 9.60. The number of allylic oxidation sites excluding steroid dienone is 1. The van der Waals surface area contributed by atoms with E-state index in [1.807, 2.05) is 35.6 Å². The van der Waals surface area contributed by atoms with E-state index in [0.29, 0.717) is 0 Å². The molecule has 0 unspecified atom stereocenters. The number of rotatable bonds is 2. The molecule has 23 heavy (non-hydrogen) atoms. The van der Waals surface area contributed by atoms with Gasteiger partial charge in [0.25, 0.3) is 0 Å². The van der Waals surface area contributed by atoms with Crippen molar-refractivity contribution in [1.29, 1.82) is 5.26 Å². The van der Waals surface area contributed by atoms with Gasteiger partial charge in [0.05, 0.1) is 11.6 Å². The molecule has 3 aromatic rings. The van der Waals surface area contributed by atoms with Crippen molar-refractivity contribution in [2.45, 2.75) is 25.7 Å². The molecule has 2 aromatic carbocycles. The number of nitriles is 1. The maximum absolute atomic E-state index is 9.60. The highest BCUT2D eigenvalue weighted by Gasteiger charge is 2.13. The normalized spacial score (nSPS) is 14.5. The Bertz CT molecular complexity index is 916. The summed E-state index contributed by atoms with van der Waals surface area (Å²) in [5.41, 5.74) is 3.23. The molecule has 0 N–H and O–H groups in total. The zero-order valence-electron chi connectivity index (χ0n) is 12.9. The quantitative estimate of drug-likeness (QED) is 0.545. The molecule has 2 heteroatoms. The van der Waals surface area contributed by atoms with Crippen molar-refractivity contribution < 1.29 is 0 Å². The molecule has 0 aliphatic heterocycles. The van der Waals surface area contributed by atoms with E-state index in [2.05, 4.69) is 36.4 Å². The Morgan fingerprint density at radius 3 is 2.65 bits per heavy atom. The predicted octanol–water partition coefficient (Wildman–Crippen LogP) is 5.84. The summed E-state index contributed by atoms with van der Waals surface area (Å²) in [4.78, 5) is 2.72. The van der Waals surface area contributed by atoms with E-state index < -0.39 is 0 Å². The van der Waals surface area contributed by atoms with E-state index in [0.717, 1.165) is 11.1 Å². The summed E-state index contributed by atoms with van der Waals surface area (Å²) in [5.74, 6) is 0. The minimum atomic E-state index is 0.745. The van der Waals surface area contributed by atoms with Gasteiger partial charge in [-0.05, 0) is 65.8 Å². The van der Waals surface area contributed by atoms with Gasteiger partial charge in [0.1, 0.15) is 0 Å². The fourth-order valence-corrected chi connectivity index (χ4v) is 4.47. The van der Waals surface area contributed by atoms with Crippen molar-refractivity contribution in [2.24, 2.45) is 0 Å². The van der Waals surface area contributed by atoms with E-state index in [4.69, 9.17) is 0 Å². The molecular formula is C21H17NS. The number of hydrogen-bond acceptors (Lipinski definition) is 2. The molecule has 4 rings (SSSR count). The van der Waals surface area contributed by atoms with Gasteiger partial charge in [0.15, 0.2) is 0 Å². The highest BCUT2D eigenvalue weighted by molar-refractivity contribution is 7.13. The molecule has 0 amide bonds. The Morgan fingerprint density at radius 1 is 1.00 bits per heavy atom. The first-order valence-electron chi connectivity index (χ1n) is 8.06. The first-order valence-corrected chi connectivity index (χ1v) is 8.88. The van der Waals surface area contributed by atoms with Crippen molar-refractivity contribution in [1.82, 2.24) is 0 Å². The predicted molar refractivity (Wildman–Crippen MR) is 98.4 cm³/mol. The fraction of sp³-hybridized carbons (Fsp3) is 0.190. The Labute approximate surface area is 140 Å². The molecule has 0 bridgehead atoms. The van der Waals surface area contributed by atoms with Crippen molar-refractivity contribution in [3.8, 4) is 6.07 Å². The summed E-state index contributed by atoms with van der Waals surface area (Å²) in [5, 5.41) is 12.0. The number of aryl methyl sites for hydroxylation is 2. The van der Waals surface area contributed by atoms with E-state index in [1.165, 1.54) is 51.8 Å². The Hall–Kier alpha value is -2.37. The van der Waals surface area contributed by atoms with Gasteiger partial charge < -0.3 is 0 Å². The van der Waals surface area contributed by atoms with Crippen LogP contribution < -0.4 is 0 Å². The minimum absolute atomic E-state index is 0.745. The third-order valence-corrected chi connectivity index (χ3v) is 5.67. The molecule has 0 saturated heterocycles. The van der Waals surface area contributed by atoms with Crippen LogP contribution >= 0.6 is 11.3 Å². The zero-order chi connectivity index (χ0) is 15.6. The summed E-state index contributed by atoms with van der Waals surface area (Å²) in [6.07, 6.45) is 7.03. The molecule has 0 saturated carbocycles. The van der Waals surface area contributed by atoms with Gasteiger partial charge in [-0.3, -0.25) is 0 Å². The average Bonchev–Trinajstić information content (AvgIpc) is 3.01. The number of benzene rings is 2. The molecule has 0 spiro atoms. The second-order valence-electron chi connectivity index (χ2n) is 6.04. The minimum Gasteiger partial charge on any atom is -0.192 e. The summed E-state index contributed by atoms with van der Waals surface area (Å²) in [6, 6.07) is 19.2. The summed E-state index contributed by atoms with van der Waals surface area (Å²) in [7, 11) is 0. The van der Waals surface area contributed by atoms with Crippen LogP contribution in [0.15, 0.2) is 48.5 Å². The summed E-state index contributed by atoms with van der Waals surface area (Å²) in [6.45, 7) is 0. The molecule has 1 nitrogen and oxygen atoms in total. The van der Waals surface area contributed by atoms with E-state index in [-0.39, 0.29) is 0 Å². The monoisotopic (exact) mass is 315 g/mol. The number of fused-ring (bicyclic) bond motifs is 2. The first kappa shape index (κ1) is 14.2. The van der Waals surface area contributed by atoms with Gasteiger partial charge in [0, 0.05) is 9.75 Å². The van der Waals surface area contributed by atoms with Gasteiger partial charge in [0.2, 0.25) is 0 Å². The summed E-state index contributed by atoms with van der Waals surface area (Å²) >= 11 is 1.85. The smallest absolute Gasteiger partial charge is 0.0998 e. The van der Waals surface area contributed by atoms with Gasteiger partial charge >= 0.3 is 0 Å². The Morgan fingerprint density at radius 2 is 1.83 bits per heavy atom. The van der Waals surface area contributed by atoms with Gasteiger partial charge in [-0.1, -0.05) is 36.4 Å². The zero-order valence-corrected chi connectivity index (χ0v) is 13.7. The van der Waals surface area contributed by atoms with Crippen LogP contribution in [-0.4, -0.2) is 0 Å². The molecule has 0 fully saturated rings. The highest BCUT2D eigenvalue weighted by Crippen LogP contribution is 2.32. The molecule has 0 radical (unpaired) electrons. The number of thiophene rings is 1. The van der Waals surface area contributed by atoms with Crippen LogP contribution in [0.5, 0.6) is 0 Å². The molecule has 1 aliphatic carbocycles. The van der Waals surface area contributed by atoms with Crippen molar-refractivity contribution in [3.63, 3.8) is 0 Å². The van der Waals surface area contributed by atoms with E-state index in [9.17, 15) is 5.26 Å². The van der Waals surface area contributed by atoms with Crippen LogP contribution in [-0.2, 0) is 12.8 Å². The number of hydrogen-bond donors (Lipinski definition) is 0. The van der Waals surface area contributed by atoms with Gasteiger partial charge in [-0.2, -0.15) is 5.26 Å². The lowest BCUT2D eigenvalue weighted by Gasteiger charge is -2.08. The van der Waals surface area contributed by atoms with Crippen molar-refractivity contribution in [3.05, 3.63) is 69.4 Å². The maximum Gasteiger partial charge on any atom is 0.0998 e. The summed E-state index contributed by atoms with van der Waals surface area (Å²) < 4.78 is 0. The standard InChI is InChI=1S/C21H17NS/c22-14-19(13-20-12-18-7-3-4-8-21(18)23-20)17-10-9-15-5-1-2-6-16(15)11-17/h1-2,5-6,9-13H,3-4,7-8H2/b19-13-. The largest absolute Gasteiger partial charge is 0.192 e.